The van der Waals surface area contributed by atoms with Crippen LogP contribution in [0.25, 0.3) is 6.08 Å². The first-order valence-electron chi connectivity index (χ1n) is 20.1. The summed E-state index contributed by atoms with van der Waals surface area (Å²) in [4.78, 5) is 55.5. The first kappa shape index (κ1) is 40.9. The average Bonchev–Trinajstić information content (AvgIpc) is 3.92. The standard InChI is InChI=1S/C46H52N2O10/c1-45(2,3)57-40(51)22-21-35(28-49)47-42(52)36-15-9-23-48(36)43(53)34-24-38(41-39(25-34)56-46(58-41)26-32-12-4-5-13-33(32)27-46)55-44(54)31-19-17-29(18-20-31)10-8-14-30-11-6-7-16-37(30)50/h4-8,10-13,16-20,25,35-36,38-39,41,49-50H,9,14-15,21-24,26-28H2,1-3H3,(H,47,52)/t35-,36+,38+,39+,41-/m0/s1. The molecule has 3 aromatic carbocycles. The largest absolute Gasteiger partial charge is 0.508 e. The van der Waals surface area contributed by atoms with Crippen molar-refractivity contribution in [2.45, 2.75) is 114 Å². The molecule has 2 aliphatic carbocycles. The molecule has 0 radical (unpaired) electrons. The van der Waals surface area contributed by atoms with Crippen molar-refractivity contribution in [1.29, 1.82) is 0 Å². The number of amides is 2. The maximum absolute atomic E-state index is 14.3. The fourth-order valence-corrected chi connectivity index (χ4v) is 8.25. The molecule has 2 heterocycles. The molecule has 0 aromatic heterocycles. The smallest absolute Gasteiger partial charge is 0.338 e. The summed E-state index contributed by atoms with van der Waals surface area (Å²) < 4.78 is 24.9. The molecule has 2 saturated heterocycles. The summed E-state index contributed by atoms with van der Waals surface area (Å²) in [5.74, 6) is -2.50. The van der Waals surface area contributed by atoms with E-state index in [-0.39, 0.29) is 37.5 Å². The number of carbonyl (C=O) groups is 4. The van der Waals surface area contributed by atoms with Crippen LogP contribution in [0.2, 0.25) is 0 Å². The van der Waals surface area contributed by atoms with E-state index in [1.165, 1.54) is 4.90 Å². The van der Waals surface area contributed by atoms with Crippen LogP contribution >= 0.6 is 0 Å². The van der Waals surface area contributed by atoms with E-state index >= 15 is 0 Å². The number of hydrogen-bond donors (Lipinski definition) is 3. The van der Waals surface area contributed by atoms with Crippen molar-refractivity contribution in [3.05, 3.63) is 118 Å². The van der Waals surface area contributed by atoms with Crippen LogP contribution in [-0.2, 0) is 52.6 Å². The Hall–Kier alpha value is -5.30. The number of aliphatic hydroxyl groups is 1. The van der Waals surface area contributed by atoms with Crippen molar-refractivity contribution in [1.82, 2.24) is 10.2 Å². The number of benzene rings is 3. The molecule has 4 aliphatic rings. The lowest BCUT2D eigenvalue weighted by molar-refractivity contribution is -0.172. The molecule has 12 nitrogen and oxygen atoms in total. The zero-order valence-electron chi connectivity index (χ0n) is 33.2. The Morgan fingerprint density at radius 2 is 1.69 bits per heavy atom. The topological polar surface area (TPSA) is 161 Å². The Labute approximate surface area is 338 Å². The molecule has 5 atom stereocenters. The van der Waals surface area contributed by atoms with Gasteiger partial charge in [0.25, 0.3) is 0 Å². The summed E-state index contributed by atoms with van der Waals surface area (Å²) >= 11 is 0. The Bertz CT molecular complexity index is 2040. The van der Waals surface area contributed by atoms with Crippen LogP contribution in [0, 0.1) is 0 Å². The number of allylic oxidation sites excluding steroid dienone is 1. The first-order chi connectivity index (χ1) is 27.8. The van der Waals surface area contributed by atoms with E-state index in [1.54, 1.807) is 51.1 Å². The number of nitrogens with one attached hydrogen (secondary N) is 1. The van der Waals surface area contributed by atoms with E-state index in [1.807, 2.05) is 60.7 Å². The minimum absolute atomic E-state index is 0.0162. The molecule has 0 saturated carbocycles. The van der Waals surface area contributed by atoms with Gasteiger partial charge in [-0.25, -0.2) is 4.79 Å². The van der Waals surface area contributed by atoms with Gasteiger partial charge in [-0.05, 0) is 93.0 Å². The number of likely N-dealkylation sites (tertiary alicyclic amines) is 1. The van der Waals surface area contributed by atoms with Crippen LogP contribution in [0.1, 0.15) is 85.5 Å². The number of esters is 2. The number of ether oxygens (including phenoxy) is 4. The van der Waals surface area contributed by atoms with Gasteiger partial charge in [0.15, 0.2) is 5.79 Å². The van der Waals surface area contributed by atoms with E-state index in [9.17, 15) is 29.4 Å². The Balaban J connectivity index is 1.04. The SMILES string of the molecule is CC(C)(C)OC(=O)CC[C@@H](CO)NC(=O)[C@H]1CCCN1C(=O)C1=C[C@H]2OC3(Cc4ccccc4C3)O[C@H]2[C@H](OC(=O)c2ccc(C=CCc3ccccc3O)cc2)C1. The van der Waals surface area contributed by atoms with E-state index < -0.39 is 59.6 Å². The highest BCUT2D eigenvalue weighted by atomic mass is 16.8. The molecular weight excluding hydrogens is 741 g/mol. The van der Waals surface area contributed by atoms with Gasteiger partial charge in [0.2, 0.25) is 11.8 Å². The highest BCUT2D eigenvalue weighted by Gasteiger charge is 2.55. The minimum atomic E-state index is -0.974. The van der Waals surface area contributed by atoms with Gasteiger partial charge in [0, 0.05) is 37.8 Å². The summed E-state index contributed by atoms with van der Waals surface area (Å²) in [6, 6.07) is 20.7. The fourth-order valence-electron chi connectivity index (χ4n) is 8.25. The number of aromatic hydroxyl groups is 1. The third-order valence-electron chi connectivity index (χ3n) is 11.0. The van der Waals surface area contributed by atoms with Crippen molar-refractivity contribution >= 4 is 29.8 Å². The maximum Gasteiger partial charge on any atom is 0.338 e. The third kappa shape index (κ3) is 9.52. The number of nitrogens with zero attached hydrogens (tertiary/aromatic N) is 1. The van der Waals surface area contributed by atoms with Gasteiger partial charge in [-0.2, -0.15) is 0 Å². The average molecular weight is 793 g/mol. The van der Waals surface area contributed by atoms with Crippen LogP contribution in [0.15, 0.2) is 90.5 Å². The number of phenols is 1. The number of rotatable bonds is 12. The lowest BCUT2D eigenvalue weighted by Crippen LogP contribution is -2.51. The van der Waals surface area contributed by atoms with Crippen LogP contribution in [0.3, 0.4) is 0 Å². The summed E-state index contributed by atoms with van der Waals surface area (Å²) in [7, 11) is 0. The Kier molecular flexibility index (Phi) is 12.2. The van der Waals surface area contributed by atoms with Gasteiger partial charge in [0.1, 0.15) is 35.7 Å². The number of carbonyl (C=O) groups excluding carboxylic acids is 4. The number of fused-ring (bicyclic) bond motifs is 2. The van der Waals surface area contributed by atoms with Crippen LogP contribution in [0.5, 0.6) is 5.75 Å². The van der Waals surface area contributed by atoms with Gasteiger partial charge in [0.05, 0.1) is 18.2 Å². The first-order valence-corrected chi connectivity index (χ1v) is 20.1. The summed E-state index contributed by atoms with van der Waals surface area (Å²) in [6.07, 6.45) is 6.28. The minimum Gasteiger partial charge on any atom is -0.508 e. The van der Waals surface area contributed by atoms with Gasteiger partial charge in [-0.1, -0.05) is 66.7 Å². The number of aliphatic hydroxyl groups excluding tert-OH is 1. The lowest BCUT2D eigenvalue weighted by Gasteiger charge is -2.33. The Morgan fingerprint density at radius 3 is 2.38 bits per heavy atom. The number of hydrogen-bond acceptors (Lipinski definition) is 10. The van der Waals surface area contributed by atoms with Gasteiger partial charge in [-0.15, -0.1) is 0 Å². The van der Waals surface area contributed by atoms with Crippen molar-refractivity contribution in [2.75, 3.05) is 13.2 Å². The second-order valence-corrected chi connectivity index (χ2v) is 16.6. The molecule has 7 rings (SSSR count). The van der Waals surface area contributed by atoms with Gasteiger partial charge >= 0.3 is 11.9 Å². The molecular formula is C46H52N2O10. The Morgan fingerprint density at radius 1 is 0.983 bits per heavy atom. The fraction of sp³-hybridized carbons (Fsp3) is 0.435. The second kappa shape index (κ2) is 17.3. The van der Waals surface area contributed by atoms with Gasteiger partial charge in [-0.3, -0.25) is 14.4 Å². The molecule has 2 fully saturated rings. The summed E-state index contributed by atoms with van der Waals surface area (Å²) in [6.45, 7) is 5.29. The molecule has 306 valence electrons. The molecule has 0 bridgehead atoms. The van der Waals surface area contributed by atoms with Crippen molar-refractivity contribution < 1.29 is 48.3 Å². The van der Waals surface area contributed by atoms with Crippen LogP contribution in [0.4, 0.5) is 0 Å². The molecule has 2 amide bonds. The third-order valence-corrected chi connectivity index (χ3v) is 11.0. The van der Waals surface area contributed by atoms with E-state index in [4.69, 9.17) is 18.9 Å². The maximum atomic E-state index is 14.3. The molecule has 1 spiro atoms. The zero-order chi connectivity index (χ0) is 41.0. The molecule has 0 unspecified atom stereocenters. The van der Waals surface area contributed by atoms with Gasteiger partial charge < -0.3 is 39.4 Å². The van der Waals surface area contributed by atoms with E-state index in [2.05, 4.69) is 5.32 Å². The van der Waals surface area contributed by atoms with E-state index in [0.717, 1.165) is 22.3 Å². The molecule has 3 N–H and O–H groups in total. The van der Waals surface area contributed by atoms with Crippen LogP contribution in [-0.4, -0.2) is 93.8 Å². The summed E-state index contributed by atoms with van der Waals surface area (Å²) in [5.41, 5.74) is 3.95. The monoisotopic (exact) mass is 792 g/mol. The normalized spacial score (nSPS) is 22.6. The van der Waals surface area contributed by atoms with Crippen molar-refractivity contribution in [2.24, 2.45) is 0 Å². The predicted octanol–water partition coefficient (Wildman–Crippen LogP) is 5.37. The highest BCUT2D eigenvalue weighted by Crippen LogP contribution is 2.45. The quantitative estimate of drug-likeness (QED) is 0.204. The second-order valence-electron chi connectivity index (χ2n) is 16.6. The van der Waals surface area contributed by atoms with Crippen molar-refractivity contribution in [3.63, 3.8) is 0 Å². The van der Waals surface area contributed by atoms with Crippen LogP contribution < -0.4 is 5.32 Å². The molecule has 3 aromatic rings. The molecule has 12 heteroatoms. The van der Waals surface area contributed by atoms with Crippen molar-refractivity contribution in [3.8, 4) is 5.75 Å². The lowest BCUT2D eigenvalue weighted by atomic mass is 9.91. The predicted molar refractivity (Wildman–Crippen MR) is 214 cm³/mol. The molecule has 58 heavy (non-hydrogen) atoms. The highest BCUT2D eigenvalue weighted by molar-refractivity contribution is 5.98. The molecule has 2 aliphatic heterocycles. The zero-order valence-corrected chi connectivity index (χ0v) is 33.2. The number of phenolic OH excluding ortho intramolecular Hbond substituents is 1. The van der Waals surface area contributed by atoms with E-state index in [0.29, 0.717) is 49.8 Å². The number of para-hydroxylation sites is 1. The summed E-state index contributed by atoms with van der Waals surface area (Å²) in [5, 5.41) is 22.9.